The lowest BCUT2D eigenvalue weighted by atomic mass is 9.92. The monoisotopic (exact) mass is 336 g/mol. The molecule has 130 valence electrons. The summed E-state index contributed by atoms with van der Waals surface area (Å²) in [5, 5.41) is 15.2. The van der Waals surface area contributed by atoms with Crippen molar-refractivity contribution in [3.8, 4) is 5.69 Å². The van der Waals surface area contributed by atoms with Crippen molar-refractivity contribution >= 4 is 0 Å². The summed E-state index contributed by atoms with van der Waals surface area (Å²) in [6.45, 7) is 4.14. The molecule has 0 spiro atoms. The molecule has 2 aromatic heterocycles. The number of hydrogen-bond acceptors (Lipinski definition) is 3. The fourth-order valence-corrected chi connectivity index (χ4v) is 3.26. The number of rotatable bonds is 6. The fourth-order valence-electron chi connectivity index (χ4n) is 3.26. The van der Waals surface area contributed by atoms with Crippen LogP contribution >= 0.6 is 0 Å². The summed E-state index contributed by atoms with van der Waals surface area (Å²) < 4.78 is 1.80. The second-order valence-electron chi connectivity index (χ2n) is 7.79. The van der Waals surface area contributed by atoms with E-state index >= 15 is 0 Å². The zero-order valence-electron chi connectivity index (χ0n) is 14.7. The Balaban J connectivity index is 1.47. The van der Waals surface area contributed by atoms with Gasteiger partial charge in [0.15, 0.2) is 0 Å². The SMILES string of the molecule is CC1(Cc2cnc(CC(C)(O)c3ccc(-n4cccn4)cc3)[nH]2)CC1. The van der Waals surface area contributed by atoms with Crippen LogP contribution in [-0.4, -0.2) is 24.9 Å². The van der Waals surface area contributed by atoms with Gasteiger partial charge in [0.1, 0.15) is 5.82 Å². The summed E-state index contributed by atoms with van der Waals surface area (Å²) in [5.74, 6) is 0.834. The Kier molecular flexibility index (Phi) is 3.76. The summed E-state index contributed by atoms with van der Waals surface area (Å²) in [5.41, 5.74) is 2.49. The normalized spacial score (nSPS) is 18.0. The lowest BCUT2D eigenvalue weighted by Crippen LogP contribution is -2.25. The van der Waals surface area contributed by atoms with Crippen LogP contribution in [0.3, 0.4) is 0 Å². The molecule has 5 nitrogen and oxygen atoms in total. The molecule has 1 aliphatic rings. The highest BCUT2D eigenvalue weighted by atomic mass is 16.3. The maximum absolute atomic E-state index is 10.9. The van der Waals surface area contributed by atoms with E-state index in [1.807, 2.05) is 49.6 Å². The number of benzene rings is 1. The van der Waals surface area contributed by atoms with E-state index in [0.29, 0.717) is 11.8 Å². The van der Waals surface area contributed by atoms with Gasteiger partial charge < -0.3 is 10.1 Å². The van der Waals surface area contributed by atoms with Crippen LogP contribution in [0.1, 0.15) is 43.8 Å². The zero-order valence-corrected chi connectivity index (χ0v) is 14.7. The average molecular weight is 336 g/mol. The molecule has 1 aliphatic carbocycles. The van der Waals surface area contributed by atoms with Gasteiger partial charge in [-0.25, -0.2) is 9.67 Å². The standard InChI is InChI=1S/C20H24N4O/c1-19(8-9-19)12-16-14-21-18(23-16)13-20(2,25)15-4-6-17(7-5-15)24-11-3-10-22-24/h3-7,10-11,14,25H,8-9,12-13H2,1-2H3,(H,21,23). The molecular formula is C20H24N4O. The Hall–Kier alpha value is -2.40. The first-order valence-corrected chi connectivity index (χ1v) is 8.79. The summed E-state index contributed by atoms with van der Waals surface area (Å²) in [4.78, 5) is 7.85. The van der Waals surface area contributed by atoms with Gasteiger partial charge in [0, 0.05) is 30.7 Å². The molecule has 25 heavy (non-hydrogen) atoms. The molecule has 0 bridgehead atoms. The van der Waals surface area contributed by atoms with Gasteiger partial charge in [-0.2, -0.15) is 5.10 Å². The first-order chi connectivity index (χ1) is 11.9. The summed E-state index contributed by atoms with van der Waals surface area (Å²) in [6, 6.07) is 9.73. The molecule has 2 N–H and O–H groups in total. The van der Waals surface area contributed by atoms with Crippen molar-refractivity contribution in [2.75, 3.05) is 0 Å². The van der Waals surface area contributed by atoms with Crippen molar-refractivity contribution < 1.29 is 5.11 Å². The van der Waals surface area contributed by atoms with Gasteiger partial charge in [-0.1, -0.05) is 19.1 Å². The first-order valence-electron chi connectivity index (χ1n) is 8.79. The maximum Gasteiger partial charge on any atom is 0.109 e. The van der Waals surface area contributed by atoms with E-state index in [1.54, 1.807) is 10.9 Å². The largest absolute Gasteiger partial charge is 0.385 e. The quantitative estimate of drug-likeness (QED) is 0.725. The maximum atomic E-state index is 10.9. The van der Waals surface area contributed by atoms with Crippen LogP contribution in [-0.2, 0) is 18.4 Å². The highest BCUT2D eigenvalue weighted by Crippen LogP contribution is 2.47. The van der Waals surface area contributed by atoms with Gasteiger partial charge >= 0.3 is 0 Å². The van der Waals surface area contributed by atoms with Crippen molar-refractivity contribution in [3.63, 3.8) is 0 Å². The van der Waals surface area contributed by atoms with Crippen LogP contribution in [0.15, 0.2) is 48.9 Å². The second-order valence-corrected chi connectivity index (χ2v) is 7.79. The summed E-state index contributed by atoms with van der Waals surface area (Å²) in [6.07, 6.45) is 9.66. The van der Waals surface area contributed by atoms with Crippen LogP contribution in [0.4, 0.5) is 0 Å². The van der Waals surface area contributed by atoms with Crippen molar-refractivity contribution in [3.05, 3.63) is 66.0 Å². The summed E-state index contributed by atoms with van der Waals surface area (Å²) in [7, 11) is 0. The minimum atomic E-state index is -0.971. The van der Waals surface area contributed by atoms with Crippen molar-refractivity contribution in [1.29, 1.82) is 0 Å². The van der Waals surface area contributed by atoms with E-state index in [0.717, 1.165) is 23.5 Å². The molecule has 1 aromatic carbocycles. The number of hydrogen-bond donors (Lipinski definition) is 2. The first kappa shape index (κ1) is 16.1. The fraction of sp³-hybridized carbons (Fsp3) is 0.400. The molecule has 1 unspecified atom stereocenters. The molecule has 0 saturated heterocycles. The number of nitrogens with zero attached hydrogens (tertiary/aromatic N) is 3. The minimum absolute atomic E-state index is 0.453. The lowest BCUT2D eigenvalue weighted by molar-refractivity contribution is 0.0556. The van der Waals surface area contributed by atoms with Gasteiger partial charge in [-0.15, -0.1) is 0 Å². The van der Waals surface area contributed by atoms with E-state index in [1.165, 1.54) is 18.5 Å². The van der Waals surface area contributed by atoms with Crippen molar-refractivity contribution in [2.24, 2.45) is 5.41 Å². The Morgan fingerprint density at radius 2 is 2.04 bits per heavy atom. The van der Waals surface area contributed by atoms with E-state index < -0.39 is 5.60 Å². The Labute approximate surface area is 147 Å². The van der Waals surface area contributed by atoms with E-state index in [9.17, 15) is 5.11 Å². The average Bonchev–Trinajstić information content (AvgIpc) is 2.99. The van der Waals surface area contributed by atoms with E-state index in [-0.39, 0.29) is 0 Å². The van der Waals surface area contributed by atoms with Crippen LogP contribution in [0.5, 0.6) is 0 Å². The van der Waals surface area contributed by atoms with Crippen LogP contribution in [0.2, 0.25) is 0 Å². The van der Waals surface area contributed by atoms with Crippen LogP contribution < -0.4 is 0 Å². The third kappa shape index (κ3) is 3.51. The highest BCUT2D eigenvalue weighted by molar-refractivity contribution is 5.36. The second kappa shape index (κ2) is 5.85. The molecule has 2 heterocycles. The third-order valence-electron chi connectivity index (χ3n) is 5.17. The lowest BCUT2D eigenvalue weighted by Gasteiger charge is -2.23. The number of aliphatic hydroxyl groups is 1. The molecule has 1 saturated carbocycles. The van der Waals surface area contributed by atoms with E-state index in [4.69, 9.17) is 0 Å². The zero-order chi connectivity index (χ0) is 17.5. The smallest absolute Gasteiger partial charge is 0.109 e. The Bertz CT molecular complexity index is 842. The highest BCUT2D eigenvalue weighted by Gasteiger charge is 2.37. The topological polar surface area (TPSA) is 66.7 Å². The predicted octanol–water partition coefficient (Wildman–Crippen LogP) is 3.39. The molecule has 0 radical (unpaired) electrons. The van der Waals surface area contributed by atoms with Crippen LogP contribution in [0, 0.1) is 5.41 Å². The number of aromatic amines is 1. The molecule has 3 aromatic rings. The van der Waals surface area contributed by atoms with Crippen LogP contribution in [0.25, 0.3) is 5.69 Å². The molecule has 1 atom stereocenters. The number of imidazole rings is 1. The third-order valence-corrected chi connectivity index (χ3v) is 5.17. The molecule has 0 aliphatic heterocycles. The number of aromatic nitrogens is 4. The molecular weight excluding hydrogens is 312 g/mol. The minimum Gasteiger partial charge on any atom is -0.385 e. The van der Waals surface area contributed by atoms with Gasteiger partial charge in [-0.05, 0) is 55.4 Å². The van der Waals surface area contributed by atoms with Crippen molar-refractivity contribution in [2.45, 2.75) is 45.1 Å². The summed E-state index contributed by atoms with van der Waals surface area (Å²) >= 11 is 0. The van der Waals surface area contributed by atoms with Gasteiger partial charge in [-0.3, -0.25) is 0 Å². The Morgan fingerprint density at radius 1 is 1.28 bits per heavy atom. The number of nitrogens with one attached hydrogen (secondary N) is 1. The predicted molar refractivity (Wildman–Crippen MR) is 96.5 cm³/mol. The Morgan fingerprint density at radius 3 is 2.68 bits per heavy atom. The molecule has 1 fully saturated rings. The number of H-pyrrole nitrogens is 1. The molecule has 4 rings (SSSR count). The van der Waals surface area contributed by atoms with Crippen molar-refractivity contribution in [1.82, 2.24) is 19.7 Å². The van der Waals surface area contributed by atoms with Gasteiger partial charge in [0.25, 0.3) is 0 Å². The molecule has 0 amide bonds. The molecule has 5 heteroatoms. The van der Waals surface area contributed by atoms with Gasteiger partial charge in [0.2, 0.25) is 0 Å². The van der Waals surface area contributed by atoms with Gasteiger partial charge in [0.05, 0.1) is 11.3 Å². The van der Waals surface area contributed by atoms with E-state index in [2.05, 4.69) is 22.0 Å².